The van der Waals surface area contributed by atoms with Gasteiger partial charge < -0.3 is 5.11 Å². The quantitative estimate of drug-likeness (QED) is 0.524. The molecule has 0 amide bonds. The van der Waals surface area contributed by atoms with Gasteiger partial charge in [-0.1, -0.05) is 59.6 Å². The van der Waals surface area contributed by atoms with Crippen LogP contribution in [0.3, 0.4) is 0 Å². The molecule has 1 heterocycles. The van der Waals surface area contributed by atoms with Crippen LogP contribution in [0.15, 0.2) is 42.6 Å². The Bertz CT molecular complexity index is 888. The maximum absolute atomic E-state index is 10.1. The van der Waals surface area contributed by atoms with Crippen LogP contribution in [0.25, 0.3) is 22.0 Å². The van der Waals surface area contributed by atoms with Gasteiger partial charge in [0.1, 0.15) is 5.75 Å². The molecular weight excluding hydrogens is 362 g/mol. The fraction of sp³-hybridized carbons (Fsp3) is 0.286. The topological polar surface area (TPSA) is 33.1 Å². The van der Waals surface area contributed by atoms with Gasteiger partial charge in [0.15, 0.2) is 0 Å². The molecule has 0 saturated carbocycles. The minimum Gasteiger partial charge on any atom is -0.508 e. The lowest BCUT2D eigenvalue weighted by Gasteiger charge is -2.17. The first-order valence-electron chi connectivity index (χ1n) is 8.35. The van der Waals surface area contributed by atoms with Crippen molar-refractivity contribution in [2.45, 2.75) is 38.4 Å². The molecule has 2 nitrogen and oxygen atoms in total. The van der Waals surface area contributed by atoms with E-state index in [2.05, 4.69) is 48.0 Å². The van der Waals surface area contributed by atoms with Crippen LogP contribution in [0.2, 0.25) is 0 Å². The van der Waals surface area contributed by atoms with Gasteiger partial charge in [0, 0.05) is 27.5 Å². The summed E-state index contributed by atoms with van der Waals surface area (Å²) in [5.41, 5.74) is 5.20. The van der Waals surface area contributed by atoms with Crippen LogP contribution < -0.4 is 0 Å². The number of aromatic hydroxyl groups is 1. The summed E-state index contributed by atoms with van der Waals surface area (Å²) in [7, 11) is 0. The zero-order valence-corrected chi connectivity index (χ0v) is 15.9. The number of phenolic OH excluding ortho intramolecular Hbond substituents is 1. The van der Waals surface area contributed by atoms with E-state index in [0.29, 0.717) is 10.6 Å². The van der Waals surface area contributed by atoms with Crippen molar-refractivity contribution in [1.29, 1.82) is 0 Å². The molecular formula is C21H22BrNO. The number of rotatable bonds is 4. The van der Waals surface area contributed by atoms with Crippen molar-refractivity contribution in [1.82, 2.24) is 4.98 Å². The first kappa shape index (κ1) is 17.0. The van der Waals surface area contributed by atoms with Crippen molar-refractivity contribution in [2.75, 3.05) is 0 Å². The molecule has 1 aromatic heterocycles. The molecule has 1 atom stereocenters. The number of aryl methyl sites for hydroxylation is 1. The molecule has 1 N–H and O–H groups in total. The Kier molecular flexibility index (Phi) is 4.91. The Hall–Kier alpha value is -1.87. The van der Waals surface area contributed by atoms with Crippen LogP contribution in [0, 0.1) is 13.8 Å². The van der Waals surface area contributed by atoms with Crippen molar-refractivity contribution in [3.63, 3.8) is 0 Å². The zero-order chi connectivity index (χ0) is 17.3. The van der Waals surface area contributed by atoms with E-state index in [1.165, 1.54) is 10.9 Å². The van der Waals surface area contributed by atoms with Gasteiger partial charge in [0.05, 0.1) is 5.69 Å². The van der Waals surface area contributed by atoms with E-state index in [1.807, 2.05) is 25.3 Å². The second kappa shape index (κ2) is 6.94. The summed E-state index contributed by atoms with van der Waals surface area (Å²) in [6, 6.07) is 12.1. The number of benzene rings is 2. The third-order valence-corrected chi connectivity index (χ3v) is 5.54. The molecule has 0 aliphatic heterocycles. The molecule has 2 aromatic carbocycles. The Labute approximate surface area is 151 Å². The summed E-state index contributed by atoms with van der Waals surface area (Å²) >= 11 is 3.81. The molecule has 3 aromatic rings. The third kappa shape index (κ3) is 2.93. The first-order valence-corrected chi connectivity index (χ1v) is 9.27. The van der Waals surface area contributed by atoms with E-state index in [9.17, 15) is 5.11 Å². The Morgan fingerprint density at radius 3 is 2.50 bits per heavy atom. The maximum atomic E-state index is 10.1. The molecule has 0 bridgehead atoms. The minimum atomic E-state index is 0.306. The molecule has 3 rings (SSSR count). The van der Waals surface area contributed by atoms with Gasteiger partial charge in [-0.15, -0.1) is 0 Å². The third-order valence-electron chi connectivity index (χ3n) is 4.59. The smallest absolute Gasteiger partial charge is 0.119 e. The number of nitrogens with zero attached hydrogens (tertiary/aromatic N) is 1. The van der Waals surface area contributed by atoms with E-state index in [-0.39, 0.29) is 0 Å². The average molecular weight is 384 g/mol. The summed E-state index contributed by atoms with van der Waals surface area (Å²) in [6.07, 6.45) is 4.18. The van der Waals surface area contributed by atoms with Crippen molar-refractivity contribution in [3.05, 3.63) is 59.3 Å². The summed E-state index contributed by atoms with van der Waals surface area (Å²) in [5.74, 6) is 0.315. The Morgan fingerprint density at radius 2 is 1.79 bits per heavy atom. The Morgan fingerprint density at radius 1 is 1.08 bits per heavy atom. The van der Waals surface area contributed by atoms with E-state index < -0.39 is 0 Å². The fourth-order valence-corrected chi connectivity index (χ4v) is 4.10. The van der Waals surface area contributed by atoms with E-state index >= 15 is 0 Å². The van der Waals surface area contributed by atoms with Crippen LogP contribution in [-0.4, -0.2) is 10.1 Å². The number of hydrogen-bond acceptors (Lipinski definition) is 2. The van der Waals surface area contributed by atoms with Crippen LogP contribution >= 0.6 is 15.9 Å². The number of aromatic nitrogens is 1. The standard InChI is InChI=1S/C21H22BrNO/c1-4-7-18(22)17-12-23-21(16-9-6-5-8-15(16)17)20-13(2)10-11-19(24)14(20)3/h5-6,8-12,18,24H,4,7H2,1-3H3. The van der Waals surface area contributed by atoms with Crippen LogP contribution in [0.4, 0.5) is 0 Å². The van der Waals surface area contributed by atoms with E-state index in [1.54, 1.807) is 6.07 Å². The lowest BCUT2D eigenvalue weighted by atomic mass is 9.93. The Balaban J connectivity index is 2.29. The lowest BCUT2D eigenvalue weighted by Crippen LogP contribution is -1.98. The summed E-state index contributed by atoms with van der Waals surface area (Å²) in [6.45, 7) is 6.21. The van der Waals surface area contributed by atoms with Crippen LogP contribution in [0.1, 0.15) is 41.3 Å². The molecule has 1 unspecified atom stereocenters. The van der Waals surface area contributed by atoms with Gasteiger partial charge in [-0.2, -0.15) is 0 Å². The summed E-state index contributed by atoms with van der Waals surface area (Å²) in [4.78, 5) is 5.11. The second-order valence-corrected chi connectivity index (χ2v) is 7.37. The normalized spacial score (nSPS) is 12.5. The molecule has 24 heavy (non-hydrogen) atoms. The highest BCUT2D eigenvalue weighted by Gasteiger charge is 2.17. The van der Waals surface area contributed by atoms with E-state index in [4.69, 9.17) is 4.98 Å². The molecule has 0 saturated heterocycles. The monoisotopic (exact) mass is 383 g/mol. The molecule has 3 heteroatoms. The highest BCUT2D eigenvalue weighted by molar-refractivity contribution is 9.09. The number of halogens is 1. The van der Waals surface area contributed by atoms with Crippen molar-refractivity contribution in [3.8, 4) is 17.0 Å². The molecule has 0 spiro atoms. The largest absolute Gasteiger partial charge is 0.508 e. The van der Waals surface area contributed by atoms with Crippen molar-refractivity contribution < 1.29 is 5.11 Å². The van der Waals surface area contributed by atoms with Crippen molar-refractivity contribution in [2.24, 2.45) is 0 Å². The number of alkyl halides is 1. The maximum Gasteiger partial charge on any atom is 0.119 e. The second-order valence-electron chi connectivity index (χ2n) is 6.27. The van der Waals surface area contributed by atoms with Gasteiger partial charge in [-0.25, -0.2) is 0 Å². The van der Waals surface area contributed by atoms with Crippen LogP contribution in [0.5, 0.6) is 5.75 Å². The van der Waals surface area contributed by atoms with Crippen molar-refractivity contribution >= 4 is 26.7 Å². The predicted molar refractivity (Wildman–Crippen MR) is 105 cm³/mol. The first-order chi connectivity index (χ1) is 11.5. The molecule has 0 radical (unpaired) electrons. The number of hydrogen-bond donors (Lipinski definition) is 1. The van der Waals surface area contributed by atoms with Gasteiger partial charge >= 0.3 is 0 Å². The number of pyridine rings is 1. The van der Waals surface area contributed by atoms with Gasteiger partial charge in [0.25, 0.3) is 0 Å². The molecule has 0 aliphatic carbocycles. The highest BCUT2D eigenvalue weighted by Crippen LogP contribution is 2.39. The highest BCUT2D eigenvalue weighted by atomic mass is 79.9. The van der Waals surface area contributed by atoms with Gasteiger partial charge in [-0.3, -0.25) is 4.98 Å². The minimum absolute atomic E-state index is 0.306. The average Bonchev–Trinajstić information content (AvgIpc) is 2.59. The SMILES string of the molecule is CCCC(Br)c1cnc(-c2c(C)ccc(O)c2C)c2ccccc12. The van der Waals surface area contributed by atoms with Gasteiger partial charge in [-0.05, 0) is 42.8 Å². The fourth-order valence-electron chi connectivity index (χ4n) is 3.27. The van der Waals surface area contributed by atoms with Crippen LogP contribution in [-0.2, 0) is 0 Å². The lowest BCUT2D eigenvalue weighted by molar-refractivity contribution is 0.471. The number of fused-ring (bicyclic) bond motifs is 1. The molecule has 0 fully saturated rings. The van der Waals surface area contributed by atoms with E-state index in [0.717, 1.165) is 40.6 Å². The van der Waals surface area contributed by atoms with Gasteiger partial charge in [0.2, 0.25) is 0 Å². The molecule has 124 valence electrons. The molecule has 0 aliphatic rings. The predicted octanol–water partition coefficient (Wildman–Crippen LogP) is 6.46. The summed E-state index contributed by atoms with van der Waals surface area (Å²) < 4.78 is 0. The zero-order valence-electron chi connectivity index (χ0n) is 14.3. The number of phenols is 1. The summed E-state index contributed by atoms with van der Waals surface area (Å²) in [5, 5.41) is 12.5.